The van der Waals surface area contributed by atoms with Gasteiger partial charge in [0.1, 0.15) is 11.3 Å². The molecule has 0 bridgehead atoms. The van der Waals surface area contributed by atoms with Crippen LogP contribution in [-0.2, 0) is 10.3 Å². The van der Waals surface area contributed by atoms with Crippen molar-refractivity contribution in [1.82, 2.24) is 15.8 Å². The van der Waals surface area contributed by atoms with Gasteiger partial charge < -0.3 is 15.4 Å². The van der Waals surface area contributed by atoms with Gasteiger partial charge in [-0.3, -0.25) is 10.2 Å². The van der Waals surface area contributed by atoms with Crippen molar-refractivity contribution >= 4 is 35.0 Å². The number of imide groups is 1. The number of urea groups is 1. The average molecular weight is 384 g/mol. The fourth-order valence-corrected chi connectivity index (χ4v) is 2.98. The Labute approximate surface area is 162 Å². The second kappa shape index (κ2) is 7.24. The summed E-state index contributed by atoms with van der Waals surface area (Å²) in [4.78, 5) is 25.3. The smallest absolute Gasteiger partial charge is 0.344 e. The van der Waals surface area contributed by atoms with Gasteiger partial charge in [-0.25, -0.2) is 4.79 Å². The van der Waals surface area contributed by atoms with Gasteiger partial charge in [0.2, 0.25) is 0 Å². The Balaban J connectivity index is 1.75. The molecular formula is C19H20N4O3S. The first-order valence-corrected chi connectivity index (χ1v) is 8.70. The predicted octanol–water partition coefficient (Wildman–Crippen LogP) is 2.67. The van der Waals surface area contributed by atoms with Crippen LogP contribution in [0.1, 0.15) is 18.1 Å². The molecule has 8 heteroatoms. The van der Waals surface area contributed by atoms with E-state index in [4.69, 9.17) is 17.0 Å². The highest BCUT2D eigenvalue weighted by molar-refractivity contribution is 7.80. The number of nitrogens with zero attached hydrogens (tertiary/aromatic N) is 1. The van der Waals surface area contributed by atoms with Crippen LogP contribution in [0, 0.1) is 6.92 Å². The van der Waals surface area contributed by atoms with Crippen molar-refractivity contribution in [3.63, 3.8) is 0 Å². The van der Waals surface area contributed by atoms with E-state index in [0.29, 0.717) is 11.3 Å². The minimum Gasteiger partial charge on any atom is -0.497 e. The lowest BCUT2D eigenvalue weighted by molar-refractivity contribution is -0.132. The molecule has 1 aliphatic heterocycles. The number of carbonyl (C=O) groups excluding carboxylic acids is 2. The summed E-state index contributed by atoms with van der Waals surface area (Å²) < 4.78 is 5.20. The average Bonchev–Trinajstić information content (AvgIpc) is 2.88. The van der Waals surface area contributed by atoms with Crippen molar-refractivity contribution in [3.8, 4) is 5.75 Å². The Morgan fingerprint density at radius 2 is 1.89 bits per heavy atom. The number of hydrogen-bond acceptors (Lipinski definition) is 4. The predicted molar refractivity (Wildman–Crippen MR) is 106 cm³/mol. The quantitative estimate of drug-likeness (QED) is 0.555. The first-order chi connectivity index (χ1) is 12.8. The maximum Gasteiger partial charge on any atom is 0.344 e. The third-order valence-electron chi connectivity index (χ3n) is 4.36. The molecule has 2 aromatic rings. The molecule has 1 saturated heterocycles. The van der Waals surface area contributed by atoms with Crippen LogP contribution in [0.25, 0.3) is 0 Å². The Bertz CT molecular complexity index is 900. The van der Waals surface area contributed by atoms with Crippen molar-refractivity contribution in [2.45, 2.75) is 19.4 Å². The number of carbonyl (C=O) groups is 2. The van der Waals surface area contributed by atoms with Gasteiger partial charge in [-0.2, -0.15) is 5.01 Å². The van der Waals surface area contributed by atoms with Gasteiger partial charge in [-0.15, -0.1) is 0 Å². The third-order valence-corrected chi connectivity index (χ3v) is 4.55. The van der Waals surface area contributed by atoms with Crippen molar-refractivity contribution in [1.29, 1.82) is 0 Å². The van der Waals surface area contributed by atoms with Crippen molar-refractivity contribution in [2.24, 2.45) is 0 Å². The second-order valence-electron chi connectivity index (χ2n) is 6.36. The molecule has 0 radical (unpaired) electrons. The zero-order chi connectivity index (χ0) is 19.6. The molecule has 0 spiro atoms. The lowest BCUT2D eigenvalue weighted by atomic mass is 9.92. The number of nitrogens with one attached hydrogen (secondary N) is 3. The molecule has 1 atom stereocenters. The number of anilines is 1. The van der Waals surface area contributed by atoms with Gasteiger partial charge in [0, 0.05) is 5.69 Å². The summed E-state index contributed by atoms with van der Waals surface area (Å²) in [6.45, 7) is 3.62. The van der Waals surface area contributed by atoms with Gasteiger partial charge in [0.05, 0.1) is 7.11 Å². The highest BCUT2D eigenvalue weighted by atomic mass is 32.1. The van der Waals surface area contributed by atoms with Crippen molar-refractivity contribution < 1.29 is 14.3 Å². The highest BCUT2D eigenvalue weighted by Gasteiger charge is 2.50. The number of ether oxygens (including phenoxy) is 1. The largest absolute Gasteiger partial charge is 0.497 e. The SMILES string of the molecule is COc1cccc(C2(C)NC(=O)N(NC(=S)Nc3ccc(C)cc3)C2=O)c1. The summed E-state index contributed by atoms with van der Waals surface area (Å²) in [5.41, 5.74) is 3.91. The lowest BCUT2D eigenvalue weighted by Crippen LogP contribution is -2.49. The maximum atomic E-state index is 12.9. The Morgan fingerprint density at radius 1 is 1.19 bits per heavy atom. The molecule has 1 aliphatic rings. The van der Waals surface area contributed by atoms with E-state index in [1.165, 1.54) is 0 Å². The molecule has 1 heterocycles. The standard InChI is InChI=1S/C19H20N4O3S/c1-12-7-9-14(10-8-12)20-17(27)22-23-16(24)19(2,21-18(23)25)13-5-4-6-15(11-13)26-3/h4-11H,1-3H3,(H,21,25)(H2,20,22,27). The van der Waals surface area contributed by atoms with Crippen LogP contribution in [0.2, 0.25) is 0 Å². The van der Waals surface area contributed by atoms with Crippen LogP contribution in [0.4, 0.5) is 10.5 Å². The Kier molecular flexibility index (Phi) is 5.00. The monoisotopic (exact) mass is 384 g/mol. The van der Waals surface area contributed by atoms with Gasteiger partial charge >= 0.3 is 6.03 Å². The number of hydrazine groups is 1. The lowest BCUT2D eigenvalue weighted by Gasteiger charge is -2.23. The van der Waals surface area contributed by atoms with Crippen LogP contribution >= 0.6 is 12.2 Å². The number of rotatable bonds is 4. The minimum atomic E-state index is -1.22. The number of thiocarbonyl (C=S) groups is 1. The van der Waals surface area contributed by atoms with E-state index < -0.39 is 17.5 Å². The van der Waals surface area contributed by atoms with Crippen molar-refractivity contribution in [2.75, 3.05) is 12.4 Å². The molecular weight excluding hydrogens is 364 g/mol. The molecule has 2 aromatic carbocycles. The topological polar surface area (TPSA) is 82.7 Å². The van der Waals surface area contributed by atoms with Crippen molar-refractivity contribution in [3.05, 3.63) is 59.7 Å². The summed E-state index contributed by atoms with van der Waals surface area (Å²) in [5.74, 6) is 0.132. The second-order valence-corrected chi connectivity index (χ2v) is 6.77. The number of hydrogen-bond donors (Lipinski definition) is 3. The van der Waals surface area contributed by atoms with E-state index >= 15 is 0 Å². The van der Waals surface area contributed by atoms with Crippen LogP contribution in [0.5, 0.6) is 5.75 Å². The van der Waals surface area contributed by atoms with E-state index in [2.05, 4.69) is 16.1 Å². The number of aryl methyl sites for hydroxylation is 1. The summed E-state index contributed by atoms with van der Waals surface area (Å²) in [7, 11) is 1.54. The number of amides is 3. The number of benzene rings is 2. The molecule has 0 aromatic heterocycles. The number of methoxy groups -OCH3 is 1. The van der Waals surface area contributed by atoms with Gasteiger partial charge in [-0.05, 0) is 55.9 Å². The van der Waals surface area contributed by atoms with E-state index in [1.54, 1.807) is 38.3 Å². The summed E-state index contributed by atoms with van der Waals surface area (Å²) in [6.07, 6.45) is 0. The zero-order valence-corrected chi connectivity index (χ0v) is 16.0. The molecule has 140 valence electrons. The van der Waals surface area contributed by atoms with E-state index in [1.807, 2.05) is 31.2 Å². The van der Waals surface area contributed by atoms with Crippen LogP contribution in [0.15, 0.2) is 48.5 Å². The van der Waals surface area contributed by atoms with Crippen LogP contribution in [0.3, 0.4) is 0 Å². The molecule has 7 nitrogen and oxygen atoms in total. The summed E-state index contributed by atoms with van der Waals surface area (Å²) in [6, 6.07) is 14.0. The van der Waals surface area contributed by atoms with Gasteiger partial charge in [-0.1, -0.05) is 29.8 Å². The third kappa shape index (κ3) is 3.70. The van der Waals surface area contributed by atoms with E-state index in [0.717, 1.165) is 16.3 Å². The first kappa shape index (κ1) is 18.7. The summed E-state index contributed by atoms with van der Waals surface area (Å²) in [5, 5.41) is 6.67. The fourth-order valence-electron chi connectivity index (χ4n) is 2.77. The van der Waals surface area contributed by atoms with Crippen LogP contribution < -0.4 is 20.8 Å². The molecule has 27 heavy (non-hydrogen) atoms. The molecule has 1 fully saturated rings. The molecule has 3 N–H and O–H groups in total. The van der Waals surface area contributed by atoms with E-state index in [-0.39, 0.29) is 5.11 Å². The molecule has 3 rings (SSSR count). The first-order valence-electron chi connectivity index (χ1n) is 8.29. The molecule has 3 amide bonds. The summed E-state index contributed by atoms with van der Waals surface area (Å²) >= 11 is 5.23. The van der Waals surface area contributed by atoms with Crippen LogP contribution in [-0.4, -0.2) is 29.2 Å². The Hall–Kier alpha value is -3.13. The maximum absolute atomic E-state index is 12.9. The molecule has 1 unspecified atom stereocenters. The normalized spacial score (nSPS) is 18.9. The zero-order valence-electron chi connectivity index (χ0n) is 15.2. The van der Waals surface area contributed by atoms with Gasteiger partial charge in [0.25, 0.3) is 5.91 Å². The highest BCUT2D eigenvalue weighted by Crippen LogP contribution is 2.30. The van der Waals surface area contributed by atoms with Gasteiger partial charge in [0.15, 0.2) is 5.11 Å². The molecule has 0 saturated carbocycles. The fraction of sp³-hybridized carbons (Fsp3) is 0.211. The minimum absolute atomic E-state index is 0.136. The van der Waals surface area contributed by atoms with E-state index in [9.17, 15) is 9.59 Å². The Morgan fingerprint density at radius 3 is 2.56 bits per heavy atom. The molecule has 0 aliphatic carbocycles.